The van der Waals surface area contributed by atoms with Crippen molar-refractivity contribution in [2.24, 2.45) is 0 Å². The molecule has 1 atom stereocenters. The van der Waals surface area contributed by atoms with Crippen LogP contribution in [0.15, 0.2) is 61.2 Å². The van der Waals surface area contributed by atoms with E-state index in [0.29, 0.717) is 6.54 Å². The first-order valence-corrected chi connectivity index (χ1v) is 6.39. The van der Waals surface area contributed by atoms with Gasteiger partial charge in [0.25, 0.3) is 0 Å². The molecule has 0 spiro atoms. The fraction of sp³-hybridized carbons (Fsp3) is 0.176. The first-order valence-electron chi connectivity index (χ1n) is 6.39. The van der Waals surface area contributed by atoms with Gasteiger partial charge in [-0.2, -0.15) is 0 Å². The van der Waals surface area contributed by atoms with Crippen molar-refractivity contribution in [2.45, 2.75) is 13.0 Å². The lowest BCUT2D eigenvalue weighted by molar-refractivity contribution is 0.597. The van der Waals surface area contributed by atoms with E-state index in [4.69, 9.17) is 0 Å². The zero-order valence-corrected chi connectivity index (χ0v) is 11.1. The van der Waals surface area contributed by atoms with Gasteiger partial charge in [-0.15, -0.1) is 0 Å². The van der Waals surface area contributed by atoms with Crippen molar-refractivity contribution in [3.63, 3.8) is 0 Å². The van der Waals surface area contributed by atoms with E-state index in [0.717, 1.165) is 16.7 Å². The van der Waals surface area contributed by atoms with Gasteiger partial charge in [-0.25, -0.2) is 4.39 Å². The number of hydrogen-bond acceptors (Lipinski definition) is 1. The first kappa shape index (κ1) is 13.5. The Hall–Kier alpha value is -1.93. The first-order chi connectivity index (χ1) is 9.16. The zero-order chi connectivity index (χ0) is 13.7. The number of rotatable bonds is 5. The van der Waals surface area contributed by atoms with E-state index in [2.05, 4.69) is 11.9 Å². The van der Waals surface area contributed by atoms with Crippen LogP contribution in [0.5, 0.6) is 0 Å². The molecule has 2 rings (SSSR count). The summed E-state index contributed by atoms with van der Waals surface area (Å²) in [5, 5.41) is 3.36. The van der Waals surface area contributed by atoms with E-state index in [1.807, 2.05) is 43.3 Å². The summed E-state index contributed by atoms with van der Waals surface area (Å²) in [6.45, 7) is 6.77. The monoisotopic (exact) mass is 255 g/mol. The van der Waals surface area contributed by atoms with Gasteiger partial charge in [0.1, 0.15) is 5.82 Å². The summed E-state index contributed by atoms with van der Waals surface area (Å²) >= 11 is 0. The minimum Gasteiger partial charge on any atom is -0.306 e. The lowest BCUT2D eigenvalue weighted by Crippen LogP contribution is -2.20. The van der Waals surface area contributed by atoms with Crippen LogP contribution in [0, 0.1) is 5.82 Å². The van der Waals surface area contributed by atoms with Crippen molar-refractivity contribution in [2.75, 3.05) is 6.54 Å². The van der Waals surface area contributed by atoms with Gasteiger partial charge in [0.15, 0.2) is 0 Å². The molecular weight excluding hydrogens is 237 g/mol. The second-order valence-corrected chi connectivity index (χ2v) is 4.63. The Bertz CT molecular complexity index is 548. The molecule has 0 saturated heterocycles. The molecule has 0 fully saturated rings. The summed E-state index contributed by atoms with van der Waals surface area (Å²) in [5.74, 6) is -0.201. The smallest absolute Gasteiger partial charge is 0.123 e. The van der Waals surface area contributed by atoms with Crippen LogP contribution in [0.2, 0.25) is 0 Å². The molecule has 98 valence electrons. The summed E-state index contributed by atoms with van der Waals surface area (Å²) < 4.78 is 13.1. The summed E-state index contributed by atoms with van der Waals surface area (Å²) in [5.41, 5.74) is 3.10. The van der Waals surface area contributed by atoms with Crippen LogP contribution < -0.4 is 5.32 Å². The van der Waals surface area contributed by atoms with Gasteiger partial charge in [0.2, 0.25) is 0 Å². The molecule has 0 radical (unpaired) electrons. The third-order valence-electron chi connectivity index (χ3n) is 3.15. The lowest BCUT2D eigenvalue weighted by Gasteiger charge is -2.15. The molecule has 0 aliphatic rings. The molecule has 2 aromatic carbocycles. The molecule has 2 heteroatoms. The fourth-order valence-electron chi connectivity index (χ4n) is 1.95. The third kappa shape index (κ3) is 3.76. The number of benzene rings is 2. The number of hydrogen-bond donors (Lipinski definition) is 1. The van der Waals surface area contributed by atoms with Crippen molar-refractivity contribution in [1.29, 1.82) is 0 Å². The molecule has 19 heavy (non-hydrogen) atoms. The highest BCUT2D eigenvalue weighted by Gasteiger charge is 2.06. The Labute approximate surface area is 113 Å². The van der Waals surface area contributed by atoms with Crippen molar-refractivity contribution in [3.8, 4) is 0 Å². The third-order valence-corrected chi connectivity index (χ3v) is 3.15. The minimum atomic E-state index is -0.201. The van der Waals surface area contributed by atoms with Gasteiger partial charge in [-0.1, -0.05) is 49.0 Å². The highest BCUT2D eigenvalue weighted by atomic mass is 19.1. The Morgan fingerprint density at radius 1 is 1.16 bits per heavy atom. The van der Waals surface area contributed by atoms with E-state index in [1.165, 1.54) is 6.07 Å². The molecule has 0 aliphatic carbocycles. The van der Waals surface area contributed by atoms with Gasteiger partial charge in [-0.05, 0) is 35.8 Å². The molecule has 2 aromatic rings. The molecule has 0 aliphatic heterocycles. The molecule has 1 N–H and O–H groups in total. The van der Waals surface area contributed by atoms with Gasteiger partial charge >= 0.3 is 0 Å². The fourth-order valence-corrected chi connectivity index (χ4v) is 1.95. The Kier molecular flexibility index (Phi) is 4.48. The average Bonchev–Trinajstić information content (AvgIpc) is 2.45. The summed E-state index contributed by atoms with van der Waals surface area (Å²) in [7, 11) is 0. The van der Waals surface area contributed by atoms with Crippen LogP contribution in [0.25, 0.3) is 5.57 Å². The van der Waals surface area contributed by atoms with Crippen molar-refractivity contribution in [3.05, 3.63) is 78.1 Å². The van der Waals surface area contributed by atoms with Crippen molar-refractivity contribution in [1.82, 2.24) is 5.32 Å². The van der Waals surface area contributed by atoms with Crippen LogP contribution in [0.3, 0.4) is 0 Å². The van der Waals surface area contributed by atoms with Gasteiger partial charge < -0.3 is 5.32 Å². The van der Waals surface area contributed by atoms with Crippen molar-refractivity contribution < 1.29 is 4.39 Å². The maximum absolute atomic E-state index is 13.1. The highest BCUT2D eigenvalue weighted by Crippen LogP contribution is 2.16. The van der Waals surface area contributed by atoms with E-state index < -0.39 is 0 Å². The lowest BCUT2D eigenvalue weighted by atomic mass is 10.1. The molecule has 1 nitrogen and oxygen atoms in total. The van der Waals surface area contributed by atoms with Crippen molar-refractivity contribution >= 4 is 5.57 Å². The topological polar surface area (TPSA) is 12.0 Å². The van der Waals surface area contributed by atoms with Crippen LogP contribution >= 0.6 is 0 Å². The normalized spacial score (nSPS) is 12.1. The van der Waals surface area contributed by atoms with Crippen LogP contribution in [0.1, 0.15) is 24.1 Å². The molecule has 0 aromatic heterocycles. The standard InChI is InChI=1S/C17H18FN/c1-13(15-7-4-3-5-8-15)12-19-14(2)16-9-6-10-17(18)11-16/h3-11,14,19H,1,12H2,2H3/t14-/m1/s1. The second kappa shape index (κ2) is 6.30. The summed E-state index contributed by atoms with van der Waals surface area (Å²) in [6.07, 6.45) is 0. The number of halogens is 1. The van der Waals surface area contributed by atoms with E-state index >= 15 is 0 Å². The van der Waals surface area contributed by atoms with E-state index in [9.17, 15) is 4.39 Å². The second-order valence-electron chi connectivity index (χ2n) is 4.63. The van der Waals surface area contributed by atoms with Gasteiger partial charge in [0, 0.05) is 12.6 Å². The Morgan fingerprint density at radius 2 is 1.89 bits per heavy atom. The predicted octanol–water partition coefficient (Wildman–Crippen LogP) is 4.19. The number of nitrogens with one attached hydrogen (secondary N) is 1. The van der Waals surface area contributed by atoms with Gasteiger partial charge in [-0.3, -0.25) is 0 Å². The zero-order valence-electron chi connectivity index (χ0n) is 11.1. The quantitative estimate of drug-likeness (QED) is 0.844. The van der Waals surface area contributed by atoms with Crippen LogP contribution in [-0.4, -0.2) is 6.54 Å². The predicted molar refractivity (Wildman–Crippen MR) is 78.3 cm³/mol. The summed E-state index contributed by atoms with van der Waals surface area (Å²) in [4.78, 5) is 0. The molecule has 0 heterocycles. The van der Waals surface area contributed by atoms with Crippen LogP contribution in [-0.2, 0) is 0 Å². The molecule has 0 amide bonds. The van der Waals surface area contributed by atoms with E-state index in [1.54, 1.807) is 12.1 Å². The highest BCUT2D eigenvalue weighted by molar-refractivity contribution is 5.64. The van der Waals surface area contributed by atoms with Crippen LogP contribution in [0.4, 0.5) is 4.39 Å². The van der Waals surface area contributed by atoms with Gasteiger partial charge in [0.05, 0.1) is 0 Å². The molecular formula is C17H18FN. The minimum absolute atomic E-state index is 0.0937. The Morgan fingerprint density at radius 3 is 2.58 bits per heavy atom. The maximum atomic E-state index is 13.1. The average molecular weight is 255 g/mol. The summed E-state index contributed by atoms with van der Waals surface area (Å²) in [6, 6.07) is 16.8. The maximum Gasteiger partial charge on any atom is 0.123 e. The Balaban J connectivity index is 1.94. The van der Waals surface area contributed by atoms with E-state index in [-0.39, 0.29) is 11.9 Å². The largest absolute Gasteiger partial charge is 0.306 e. The SMILES string of the molecule is C=C(CN[C@H](C)c1cccc(F)c1)c1ccccc1. The molecule has 0 bridgehead atoms. The molecule has 0 saturated carbocycles. The molecule has 0 unspecified atom stereocenters.